The van der Waals surface area contributed by atoms with Crippen LogP contribution in [0.1, 0.15) is 26.7 Å². The Kier molecular flexibility index (Phi) is 2.99. The number of aryl methyl sites for hydroxylation is 1. The van der Waals surface area contributed by atoms with Crippen LogP contribution in [-0.2, 0) is 7.05 Å². The molecule has 1 aromatic heterocycles. The van der Waals surface area contributed by atoms with E-state index in [0.717, 1.165) is 12.3 Å². The summed E-state index contributed by atoms with van der Waals surface area (Å²) in [6, 6.07) is 0.387. The molecule has 0 saturated heterocycles. The normalized spacial score (nSPS) is 29.3. The third kappa shape index (κ3) is 1.96. The second-order valence-electron chi connectivity index (χ2n) is 4.86. The summed E-state index contributed by atoms with van der Waals surface area (Å²) >= 11 is 0. The van der Waals surface area contributed by atoms with Gasteiger partial charge in [0, 0.05) is 25.5 Å². The standard InChI is InChI=1S/C12H19N3O/c1-8-4-5-10(9(8)2)14-11-12(16)15(3)7-6-13-11/h6-10H,4-5H2,1-3H3,(H,13,14). The van der Waals surface area contributed by atoms with E-state index in [0.29, 0.717) is 17.8 Å². The van der Waals surface area contributed by atoms with Crippen molar-refractivity contribution in [3.63, 3.8) is 0 Å². The summed E-state index contributed by atoms with van der Waals surface area (Å²) in [7, 11) is 1.75. The Hall–Kier alpha value is -1.32. The molecule has 1 aromatic rings. The Labute approximate surface area is 95.7 Å². The van der Waals surface area contributed by atoms with E-state index in [2.05, 4.69) is 24.1 Å². The highest BCUT2D eigenvalue weighted by Gasteiger charge is 2.30. The molecule has 0 spiro atoms. The van der Waals surface area contributed by atoms with E-state index in [1.54, 1.807) is 24.0 Å². The van der Waals surface area contributed by atoms with Gasteiger partial charge in [0.2, 0.25) is 0 Å². The van der Waals surface area contributed by atoms with Crippen LogP contribution in [0, 0.1) is 11.8 Å². The summed E-state index contributed by atoms with van der Waals surface area (Å²) in [4.78, 5) is 15.9. The molecule has 4 heteroatoms. The quantitative estimate of drug-likeness (QED) is 0.825. The van der Waals surface area contributed by atoms with Gasteiger partial charge in [0.25, 0.3) is 5.56 Å². The lowest BCUT2D eigenvalue weighted by atomic mass is 9.98. The lowest BCUT2D eigenvalue weighted by molar-refractivity contribution is 0.434. The molecule has 4 nitrogen and oxygen atoms in total. The van der Waals surface area contributed by atoms with Crippen LogP contribution < -0.4 is 10.9 Å². The van der Waals surface area contributed by atoms with Gasteiger partial charge in [-0.05, 0) is 24.7 Å². The number of hydrogen-bond donors (Lipinski definition) is 1. The molecule has 1 fully saturated rings. The van der Waals surface area contributed by atoms with Gasteiger partial charge in [-0.1, -0.05) is 13.8 Å². The molecule has 3 unspecified atom stereocenters. The van der Waals surface area contributed by atoms with E-state index in [1.165, 1.54) is 6.42 Å². The average Bonchev–Trinajstić information content (AvgIpc) is 2.57. The van der Waals surface area contributed by atoms with Crippen LogP contribution in [0.25, 0.3) is 0 Å². The maximum Gasteiger partial charge on any atom is 0.293 e. The molecule has 1 N–H and O–H groups in total. The van der Waals surface area contributed by atoms with Gasteiger partial charge in [-0.15, -0.1) is 0 Å². The van der Waals surface area contributed by atoms with Gasteiger partial charge in [0.05, 0.1) is 0 Å². The first kappa shape index (κ1) is 11.2. The molecule has 1 aliphatic carbocycles. The van der Waals surface area contributed by atoms with Crippen molar-refractivity contribution >= 4 is 5.82 Å². The van der Waals surface area contributed by atoms with Gasteiger partial charge < -0.3 is 9.88 Å². The largest absolute Gasteiger partial charge is 0.362 e. The molecular formula is C12H19N3O. The van der Waals surface area contributed by atoms with Crippen molar-refractivity contribution in [2.24, 2.45) is 18.9 Å². The van der Waals surface area contributed by atoms with Crippen molar-refractivity contribution in [3.8, 4) is 0 Å². The van der Waals surface area contributed by atoms with E-state index in [1.807, 2.05) is 0 Å². The number of nitrogens with zero attached hydrogens (tertiary/aromatic N) is 2. The Morgan fingerprint density at radius 3 is 2.81 bits per heavy atom. The second-order valence-corrected chi connectivity index (χ2v) is 4.86. The van der Waals surface area contributed by atoms with E-state index < -0.39 is 0 Å². The molecule has 0 radical (unpaired) electrons. The molecule has 88 valence electrons. The number of aromatic nitrogens is 2. The third-order valence-corrected chi connectivity index (χ3v) is 3.80. The minimum absolute atomic E-state index is 0.0470. The zero-order valence-corrected chi connectivity index (χ0v) is 10.1. The average molecular weight is 221 g/mol. The molecular weight excluding hydrogens is 202 g/mol. The predicted octanol–water partition coefficient (Wildman–Crippen LogP) is 1.63. The summed E-state index contributed by atoms with van der Waals surface area (Å²) in [5.74, 6) is 1.81. The summed E-state index contributed by atoms with van der Waals surface area (Å²) < 4.78 is 1.55. The first-order valence-corrected chi connectivity index (χ1v) is 5.87. The molecule has 3 atom stereocenters. The number of rotatable bonds is 2. The molecule has 1 aliphatic rings. The highest BCUT2D eigenvalue weighted by Crippen LogP contribution is 2.32. The summed E-state index contributed by atoms with van der Waals surface area (Å²) in [5, 5.41) is 3.29. The first-order valence-electron chi connectivity index (χ1n) is 5.87. The van der Waals surface area contributed by atoms with Crippen LogP contribution in [0.5, 0.6) is 0 Å². The Balaban J connectivity index is 2.16. The second kappa shape index (κ2) is 4.28. The van der Waals surface area contributed by atoms with Gasteiger partial charge in [-0.2, -0.15) is 0 Å². The Morgan fingerprint density at radius 1 is 1.44 bits per heavy atom. The molecule has 0 aromatic carbocycles. The van der Waals surface area contributed by atoms with Gasteiger partial charge >= 0.3 is 0 Å². The molecule has 2 rings (SSSR count). The number of hydrogen-bond acceptors (Lipinski definition) is 3. The molecule has 1 saturated carbocycles. The van der Waals surface area contributed by atoms with Crippen LogP contribution >= 0.6 is 0 Å². The maximum absolute atomic E-state index is 11.8. The molecule has 0 amide bonds. The van der Waals surface area contributed by atoms with Crippen LogP contribution in [0.3, 0.4) is 0 Å². The Bertz CT molecular complexity index is 427. The topological polar surface area (TPSA) is 46.9 Å². The molecule has 1 heterocycles. The highest BCUT2D eigenvalue weighted by molar-refractivity contribution is 5.32. The minimum Gasteiger partial charge on any atom is -0.362 e. The van der Waals surface area contributed by atoms with Crippen LogP contribution in [-0.4, -0.2) is 15.6 Å². The van der Waals surface area contributed by atoms with E-state index in [-0.39, 0.29) is 5.56 Å². The fourth-order valence-corrected chi connectivity index (χ4v) is 2.34. The molecule has 0 aliphatic heterocycles. The van der Waals surface area contributed by atoms with E-state index in [4.69, 9.17) is 0 Å². The van der Waals surface area contributed by atoms with Gasteiger partial charge in [0.1, 0.15) is 0 Å². The number of nitrogens with one attached hydrogen (secondary N) is 1. The molecule has 16 heavy (non-hydrogen) atoms. The van der Waals surface area contributed by atoms with Gasteiger partial charge in [0.15, 0.2) is 5.82 Å². The lowest BCUT2D eigenvalue weighted by Crippen LogP contribution is -2.30. The van der Waals surface area contributed by atoms with Crippen LogP contribution in [0.15, 0.2) is 17.2 Å². The van der Waals surface area contributed by atoms with Crippen LogP contribution in [0.2, 0.25) is 0 Å². The van der Waals surface area contributed by atoms with Gasteiger partial charge in [-0.25, -0.2) is 4.98 Å². The monoisotopic (exact) mass is 221 g/mol. The summed E-state index contributed by atoms with van der Waals surface area (Å²) in [5.41, 5.74) is -0.0470. The SMILES string of the molecule is CC1CCC(Nc2nccn(C)c2=O)C1C. The van der Waals surface area contributed by atoms with Crippen molar-refractivity contribution in [2.75, 3.05) is 5.32 Å². The van der Waals surface area contributed by atoms with Crippen molar-refractivity contribution in [2.45, 2.75) is 32.7 Å². The fraction of sp³-hybridized carbons (Fsp3) is 0.667. The minimum atomic E-state index is -0.0470. The fourth-order valence-electron chi connectivity index (χ4n) is 2.34. The van der Waals surface area contributed by atoms with Crippen molar-refractivity contribution < 1.29 is 0 Å². The van der Waals surface area contributed by atoms with Crippen molar-refractivity contribution in [1.82, 2.24) is 9.55 Å². The molecule has 0 bridgehead atoms. The smallest absolute Gasteiger partial charge is 0.293 e. The summed E-state index contributed by atoms with van der Waals surface area (Å²) in [6.07, 6.45) is 5.69. The van der Waals surface area contributed by atoms with E-state index in [9.17, 15) is 4.79 Å². The van der Waals surface area contributed by atoms with Gasteiger partial charge in [-0.3, -0.25) is 4.79 Å². The van der Waals surface area contributed by atoms with Crippen molar-refractivity contribution in [1.29, 1.82) is 0 Å². The third-order valence-electron chi connectivity index (χ3n) is 3.80. The Morgan fingerprint density at radius 2 is 2.19 bits per heavy atom. The predicted molar refractivity (Wildman–Crippen MR) is 64.5 cm³/mol. The lowest BCUT2D eigenvalue weighted by Gasteiger charge is -2.19. The first-order chi connectivity index (χ1) is 7.59. The zero-order chi connectivity index (χ0) is 11.7. The summed E-state index contributed by atoms with van der Waals surface area (Å²) in [6.45, 7) is 4.51. The van der Waals surface area contributed by atoms with Crippen molar-refractivity contribution in [3.05, 3.63) is 22.7 Å². The van der Waals surface area contributed by atoms with Crippen LogP contribution in [0.4, 0.5) is 5.82 Å². The maximum atomic E-state index is 11.8. The number of anilines is 1. The zero-order valence-electron chi connectivity index (χ0n) is 10.1. The highest BCUT2D eigenvalue weighted by atomic mass is 16.1. The van der Waals surface area contributed by atoms with E-state index >= 15 is 0 Å².